The Morgan fingerprint density at radius 2 is 2.13 bits per heavy atom. The molecule has 1 aliphatic rings. The van der Waals surface area contributed by atoms with Crippen LogP contribution in [0, 0.1) is 5.92 Å². The number of morpholine rings is 1. The zero-order valence-electron chi connectivity index (χ0n) is 13.4. The maximum atomic E-state index is 11.9. The lowest BCUT2D eigenvalue weighted by molar-refractivity contribution is -0.125. The molecule has 1 atom stereocenters. The second-order valence-electron chi connectivity index (χ2n) is 5.48. The van der Waals surface area contributed by atoms with E-state index in [1.54, 1.807) is 29.2 Å². The molecule has 1 unspecified atom stereocenters. The van der Waals surface area contributed by atoms with E-state index in [0.29, 0.717) is 25.4 Å². The Balaban J connectivity index is 2.17. The highest BCUT2D eigenvalue weighted by Crippen LogP contribution is 2.23. The number of hydrogen-bond donors (Lipinski definition) is 1. The summed E-state index contributed by atoms with van der Waals surface area (Å²) in [6, 6.07) is 7.11. The van der Waals surface area contributed by atoms with Crippen LogP contribution in [0.4, 0.5) is 16.2 Å². The van der Waals surface area contributed by atoms with Crippen LogP contribution in [-0.2, 0) is 14.3 Å². The fourth-order valence-corrected chi connectivity index (χ4v) is 2.37. The fourth-order valence-electron chi connectivity index (χ4n) is 2.37. The van der Waals surface area contributed by atoms with Crippen molar-refractivity contribution in [3.8, 4) is 0 Å². The average molecular weight is 322 g/mol. The first kappa shape index (κ1) is 17.2. The molecule has 0 bridgehead atoms. The van der Waals surface area contributed by atoms with Crippen molar-refractivity contribution >= 4 is 23.4 Å². The van der Waals surface area contributed by atoms with E-state index in [-0.39, 0.29) is 25.0 Å². The maximum Gasteiger partial charge on any atom is 0.414 e. The van der Waals surface area contributed by atoms with Crippen molar-refractivity contribution in [1.29, 1.82) is 0 Å². The molecule has 0 spiro atoms. The summed E-state index contributed by atoms with van der Waals surface area (Å²) in [5.74, 6) is -0.155. The van der Waals surface area contributed by atoms with E-state index in [1.807, 2.05) is 6.92 Å². The van der Waals surface area contributed by atoms with E-state index >= 15 is 0 Å². The van der Waals surface area contributed by atoms with Crippen LogP contribution in [0.15, 0.2) is 24.3 Å². The molecule has 7 heteroatoms. The first-order valence-electron chi connectivity index (χ1n) is 7.51. The van der Waals surface area contributed by atoms with Gasteiger partial charge in [-0.25, -0.2) is 4.79 Å². The van der Waals surface area contributed by atoms with Gasteiger partial charge >= 0.3 is 6.09 Å². The van der Waals surface area contributed by atoms with Crippen molar-refractivity contribution in [2.24, 2.45) is 5.92 Å². The number of hydrogen-bond acceptors (Lipinski definition) is 5. The van der Waals surface area contributed by atoms with Crippen molar-refractivity contribution in [2.45, 2.75) is 6.92 Å². The molecule has 1 heterocycles. The number of ether oxygens (including phenoxy) is 2. The molecule has 2 rings (SSSR count). The average Bonchev–Trinajstić information content (AvgIpc) is 2.59. The number of methoxy groups -OCH3 is 1. The number of aliphatic hydroxyl groups excluding tert-OH is 1. The van der Waals surface area contributed by atoms with Crippen molar-refractivity contribution in [3.63, 3.8) is 0 Å². The predicted molar refractivity (Wildman–Crippen MR) is 85.6 cm³/mol. The Morgan fingerprint density at radius 1 is 1.43 bits per heavy atom. The number of benzene rings is 1. The third-order valence-electron chi connectivity index (χ3n) is 3.66. The third-order valence-corrected chi connectivity index (χ3v) is 3.66. The topological polar surface area (TPSA) is 79.3 Å². The summed E-state index contributed by atoms with van der Waals surface area (Å²) < 4.78 is 9.91. The van der Waals surface area contributed by atoms with Gasteiger partial charge in [-0.05, 0) is 30.2 Å². The minimum atomic E-state index is -0.486. The van der Waals surface area contributed by atoms with Crippen LogP contribution in [0.2, 0.25) is 0 Å². The summed E-state index contributed by atoms with van der Waals surface area (Å²) in [5.41, 5.74) is 1.42. The van der Waals surface area contributed by atoms with Crippen LogP contribution in [0.5, 0.6) is 0 Å². The van der Waals surface area contributed by atoms with Crippen LogP contribution in [-0.4, -0.2) is 57.1 Å². The Bertz CT molecular complexity index is 546. The van der Waals surface area contributed by atoms with Gasteiger partial charge in [0.2, 0.25) is 0 Å². The van der Waals surface area contributed by atoms with Gasteiger partial charge in [0.05, 0.1) is 13.7 Å². The highest BCUT2D eigenvalue weighted by molar-refractivity contribution is 5.95. The van der Waals surface area contributed by atoms with Crippen LogP contribution >= 0.6 is 0 Å². The molecular formula is C16H22N2O5. The molecule has 2 amide bonds. The number of nitrogens with zero attached hydrogens (tertiary/aromatic N) is 2. The SMILES string of the molecule is COC(=O)N(CC(C)CO)c1ccc(N2CCOCC2=O)cc1. The van der Waals surface area contributed by atoms with Gasteiger partial charge in [-0.3, -0.25) is 9.69 Å². The van der Waals surface area contributed by atoms with E-state index in [1.165, 1.54) is 12.0 Å². The van der Waals surface area contributed by atoms with E-state index in [2.05, 4.69) is 0 Å². The summed E-state index contributed by atoms with van der Waals surface area (Å²) in [4.78, 5) is 26.9. The summed E-state index contributed by atoms with van der Waals surface area (Å²) in [5, 5.41) is 9.19. The minimum absolute atomic E-state index is 0.0200. The van der Waals surface area contributed by atoms with Gasteiger partial charge < -0.3 is 19.5 Å². The molecule has 1 saturated heterocycles. The Hall–Kier alpha value is -2.12. The summed E-state index contributed by atoms with van der Waals surface area (Å²) in [6.07, 6.45) is -0.486. The second-order valence-corrected chi connectivity index (χ2v) is 5.48. The van der Waals surface area contributed by atoms with Crippen LogP contribution in [0.25, 0.3) is 0 Å². The zero-order valence-corrected chi connectivity index (χ0v) is 13.4. The van der Waals surface area contributed by atoms with E-state index in [4.69, 9.17) is 9.47 Å². The largest absolute Gasteiger partial charge is 0.452 e. The molecule has 1 fully saturated rings. The molecule has 1 aromatic carbocycles. The van der Waals surface area contributed by atoms with E-state index in [9.17, 15) is 14.7 Å². The summed E-state index contributed by atoms with van der Waals surface area (Å²) in [6.45, 7) is 3.28. The molecule has 23 heavy (non-hydrogen) atoms. The first-order valence-corrected chi connectivity index (χ1v) is 7.51. The third kappa shape index (κ3) is 4.20. The monoisotopic (exact) mass is 322 g/mol. The molecule has 7 nitrogen and oxygen atoms in total. The lowest BCUT2D eigenvalue weighted by Crippen LogP contribution is -2.41. The van der Waals surface area contributed by atoms with Gasteiger partial charge in [0.15, 0.2) is 0 Å². The van der Waals surface area contributed by atoms with Crippen LogP contribution in [0.1, 0.15) is 6.92 Å². The number of amides is 2. The molecule has 1 aliphatic heterocycles. The summed E-state index contributed by atoms with van der Waals surface area (Å²) >= 11 is 0. The number of anilines is 2. The minimum Gasteiger partial charge on any atom is -0.452 e. The van der Waals surface area contributed by atoms with Crippen molar-refractivity contribution in [2.75, 3.05) is 49.8 Å². The quantitative estimate of drug-likeness (QED) is 0.882. The highest BCUT2D eigenvalue weighted by atomic mass is 16.5. The molecule has 0 aromatic heterocycles. The van der Waals surface area contributed by atoms with Crippen molar-refractivity contribution < 1.29 is 24.2 Å². The maximum absolute atomic E-state index is 11.9. The molecule has 0 radical (unpaired) electrons. The van der Waals surface area contributed by atoms with Crippen LogP contribution < -0.4 is 9.80 Å². The van der Waals surface area contributed by atoms with Gasteiger partial charge in [-0.15, -0.1) is 0 Å². The van der Waals surface area contributed by atoms with E-state index in [0.717, 1.165) is 5.69 Å². The normalized spacial score (nSPS) is 16.1. The van der Waals surface area contributed by atoms with Gasteiger partial charge in [0.25, 0.3) is 5.91 Å². The molecule has 0 aliphatic carbocycles. The number of carbonyl (C=O) groups is 2. The smallest absolute Gasteiger partial charge is 0.414 e. The molecule has 0 saturated carbocycles. The van der Waals surface area contributed by atoms with E-state index < -0.39 is 6.09 Å². The Kier molecular flexibility index (Phi) is 5.95. The molecule has 1 aromatic rings. The van der Waals surface area contributed by atoms with Crippen LogP contribution in [0.3, 0.4) is 0 Å². The van der Waals surface area contributed by atoms with Gasteiger partial charge in [-0.1, -0.05) is 6.92 Å². The van der Waals surface area contributed by atoms with Gasteiger partial charge in [0.1, 0.15) is 6.61 Å². The number of carbonyl (C=O) groups excluding carboxylic acids is 2. The standard InChI is InChI=1S/C16H22N2O5/c1-12(10-19)9-18(16(21)22-2)14-5-3-13(4-6-14)17-7-8-23-11-15(17)20/h3-6,12,19H,7-11H2,1-2H3. The number of rotatable bonds is 5. The highest BCUT2D eigenvalue weighted by Gasteiger charge is 2.22. The fraction of sp³-hybridized carbons (Fsp3) is 0.500. The molecule has 1 N–H and O–H groups in total. The lowest BCUT2D eigenvalue weighted by Gasteiger charge is -2.28. The summed E-state index contributed by atoms with van der Waals surface area (Å²) in [7, 11) is 1.32. The molecular weight excluding hydrogens is 300 g/mol. The predicted octanol–water partition coefficient (Wildman–Crippen LogP) is 1.25. The van der Waals surface area contributed by atoms with Gasteiger partial charge in [0, 0.05) is 31.1 Å². The Labute approximate surface area is 135 Å². The van der Waals surface area contributed by atoms with Crippen molar-refractivity contribution in [3.05, 3.63) is 24.3 Å². The van der Waals surface area contributed by atoms with Crippen molar-refractivity contribution in [1.82, 2.24) is 0 Å². The molecule has 126 valence electrons. The lowest BCUT2D eigenvalue weighted by atomic mass is 10.1. The number of aliphatic hydroxyl groups is 1. The zero-order chi connectivity index (χ0) is 16.8. The Morgan fingerprint density at radius 3 is 2.70 bits per heavy atom. The van der Waals surface area contributed by atoms with Gasteiger partial charge in [-0.2, -0.15) is 0 Å². The second kappa shape index (κ2) is 7.94. The first-order chi connectivity index (χ1) is 11.1.